The van der Waals surface area contributed by atoms with Gasteiger partial charge in [0.25, 0.3) is 0 Å². The van der Waals surface area contributed by atoms with E-state index in [-0.39, 0.29) is 6.42 Å². The number of hydrogen-bond donors (Lipinski definition) is 0. The zero-order valence-corrected chi connectivity index (χ0v) is 10.6. The van der Waals surface area contributed by atoms with Gasteiger partial charge in [0.15, 0.2) is 0 Å². The minimum atomic E-state index is -0.492. The molecular weight excluding hydrogens is 256 g/mol. The predicted molar refractivity (Wildman–Crippen MR) is 71.4 cm³/mol. The average Bonchev–Trinajstić information content (AvgIpc) is 2.80. The Morgan fingerprint density at radius 1 is 0.900 bits per heavy atom. The molecule has 20 heavy (non-hydrogen) atoms. The number of para-hydroxylation sites is 1. The minimum absolute atomic E-state index is 0.109. The molecule has 0 saturated carbocycles. The molecule has 100 valence electrons. The van der Waals surface area contributed by atoms with Gasteiger partial charge in [-0.15, -0.1) is 0 Å². The number of hydrogen-bond acceptors (Lipinski definition) is 4. The van der Waals surface area contributed by atoms with Crippen molar-refractivity contribution < 1.29 is 19.1 Å². The van der Waals surface area contributed by atoms with Crippen LogP contribution in [0.5, 0.6) is 11.5 Å². The first kappa shape index (κ1) is 12.4. The van der Waals surface area contributed by atoms with Gasteiger partial charge in [-0.05, 0) is 29.8 Å². The molecule has 0 bridgehead atoms. The lowest BCUT2D eigenvalue weighted by molar-refractivity contribution is -0.152. The highest BCUT2D eigenvalue weighted by Crippen LogP contribution is 2.29. The first-order valence-electron chi connectivity index (χ1n) is 6.30. The van der Waals surface area contributed by atoms with E-state index < -0.39 is 17.9 Å². The lowest BCUT2D eigenvalue weighted by Crippen LogP contribution is -2.05. The summed E-state index contributed by atoms with van der Waals surface area (Å²) in [4.78, 5) is 22.6. The molecule has 0 aliphatic carbocycles. The van der Waals surface area contributed by atoms with Crippen LogP contribution < -0.4 is 4.74 Å². The van der Waals surface area contributed by atoms with Crippen molar-refractivity contribution in [2.24, 2.45) is 0 Å². The van der Waals surface area contributed by atoms with Gasteiger partial charge >= 0.3 is 11.9 Å². The first-order valence-corrected chi connectivity index (χ1v) is 6.30. The van der Waals surface area contributed by atoms with Gasteiger partial charge in [-0.3, -0.25) is 9.59 Å². The Morgan fingerprint density at radius 2 is 1.55 bits per heavy atom. The molecule has 1 aliphatic heterocycles. The molecule has 0 N–H and O–H groups in total. The van der Waals surface area contributed by atoms with Gasteiger partial charge in [0.2, 0.25) is 0 Å². The zero-order valence-electron chi connectivity index (χ0n) is 10.6. The van der Waals surface area contributed by atoms with Crippen LogP contribution in [-0.4, -0.2) is 11.9 Å². The summed E-state index contributed by atoms with van der Waals surface area (Å²) in [6.07, 6.45) is 0.109. The lowest BCUT2D eigenvalue weighted by atomic mass is 9.98. The number of ether oxygens (including phenoxy) is 2. The quantitative estimate of drug-likeness (QED) is 0.634. The van der Waals surface area contributed by atoms with Crippen molar-refractivity contribution >= 4 is 11.9 Å². The van der Waals surface area contributed by atoms with Crippen LogP contribution in [0.15, 0.2) is 54.6 Å². The van der Waals surface area contributed by atoms with E-state index >= 15 is 0 Å². The molecule has 1 saturated heterocycles. The molecule has 0 radical (unpaired) electrons. The molecule has 2 aromatic rings. The topological polar surface area (TPSA) is 52.6 Å². The molecular formula is C16H12O4. The summed E-state index contributed by atoms with van der Waals surface area (Å²) in [5.74, 6) is -0.0158. The third-order valence-electron chi connectivity index (χ3n) is 3.13. The van der Waals surface area contributed by atoms with Crippen LogP contribution in [0.3, 0.4) is 0 Å². The smallest absolute Gasteiger partial charge is 0.321 e. The zero-order chi connectivity index (χ0) is 13.9. The van der Waals surface area contributed by atoms with Crippen LogP contribution in [0.25, 0.3) is 0 Å². The summed E-state index contributed by atoms with van der Waals surface area (Å²) in [5, 5.41) is 0. The Labute approximate surface area is 115 Å². The van der Waals surface area contributed by atoms with Crippen molar-refractivity contribution in [3.05, 3.63) is 60.2 Å². The van der Waals surface area contributed by atoms with Crippen LogP contribution in [-0.2, 0) is 14.3 Å². The van der Waals surface area contributed by atoms with E-state index in [0.717, 1.165) is 11.3 Å². The second-order valence-electron chi connectivity index (χ2n) is 4.53. The first-order chi connectivity index (χ1) is 9.72. The maximum atomic E-state index is 11.5. The molecule has 1 atom stereocenters. The molecule has 1 heterocycles. The highest BCUT2D eigenvalue weighted by atomic mass is 16.6. The van der Waals surface area contributed by atoms with E-state index in [4.69, 9.17) is 4.74 Å². The van der Waals surface area contributed by atoms with Crippen molar-refractivity contribution in [2.45, 2.75) is 12.3 Å². The van der Waals surface area contributed by atoms with E-state index in [0.29, 0.717) is 5.75 Å². The third-order valence-corrected chi connectivity index (χ3v) is 3.13. The van der Waals surface area contributed by atoms with Crippen LogP contribution in [0, 0.1) is 0 Å². The number of carbonyl (C=O) groups excluding carboxylic acids is 2. The molecule has 1 fully saturated rings. The highest BCUT2D eigenvalue weighted by Gasteiger charge is 2.34. The normalized spacial score (nSPS) is 17.9. The number of benzene rings is 2. The Hall–Kier alpha value is -2.62. The van der Waals surface area contributed by atoms with Gasteiger partial charge in [0.05, 0.1) is 12.3 Å². The number of esters is 2. The summed E-state index contributed by atoms with van der Waals surface area (Å²) in [5.41, 5.74) is 0.765. The van der Waals surface area contributed by atoms with Gasteiger partial charge < -0.3 is 9.47 Å². The van der Waals surface area contributed by atoms with E-state index in [2.05, 4.69) is 4.74 Å². The maximum Gasteiger partial charge on any atom is 0.321 e. The Bertz CT molecular complexity index is 631. The second-order valence-corrected chi connectivity index (χ2v) is 4.53. The van der Waals surface area contributed by atoms with Crippen LogP contribution in [0.4, 0.5) is 0 Å². The van der Waals surface area contributed by atoms with E-state index in [1.807, 2.05) is 30.3 Å². The van der Waals surface area contributed by atoms with Crippen molar-refractivity contribution in [1.82, 2.24) is 0 Å². The highest BCUT2D eigenvalue weighted by molar-refractivity contribution is 5.97. The summed E-state index contributed by atoms with van der Waals surface area (Å²) in [7, 11) is 0. The fourth-order valence-corrected chi connectivity index (χ4v) is 2.12. The van der Waals surface area contributed by atoms with Gasteiger partial charge in [-0.25, -0.2) is 0 Å². The summed E-state index contributed by atoms with van der Waals surface area (Å²) in [6.45, 7) is 0. The third kappa shape index (κ3) is 2.54. The van der Waals surface area contributed by atoms with Gasteiger partial charge in [0, 0.05) is 0 Å². The van der Waals surface area contributed by atoms with E-state index in [9.17, 15) is 9.59 Å². The fourth-order valence-electron chi connectivity index (χ4n) is 2.12. The molecule has 4 nitrogen and oxygen atoms in total. The van der Waals surface area contributed by atoms with Crippen molar-refractivity contribution in [3.8, 4) is 11.5 Å². The SMILES string of the molecule is O=C1CC(c2ccc(Oc3ccccc3)cc2)C(=O)O1. The average molecular weight is 268 g/mol. The molecule has 4 heteroatoms. The molecule has 1 aliphatic rings. The summed E-state index contributed by atoms with van der Waals surface area (Å²) in [6, 6.07) is 16.5. The van der Waals surface area contributed by atoms with Gasteiger partial charge in [-0.2, -0.15) is 0 Å². The van der Waals surface area contributed by atoms with Crippen molar-refractivity contribution in [2.75, 3.05) is 0 Å². The predicted octanol–water partition coefficient (Wildman–Crippen LogP) is 3.04. The lowest BCUT2D eigenvalue weighted by Gasteiger charge is -2.08. The number of carbonyl (C=O) groups is 2. The van der Waals surface area contributed by atoms with Gasteiger partial charge in [-0.1, -0.05) is 30.3 Å². The Morgan fingerprint density at radius 3 is 2.15 bits per heavy atom. The van der Waals surface area contributed by atoms with Gasteiger partial charge in [0.1, 0.15) is 11.5 Å². The van der Waals surface area contributed by atoms with Crippen LogP contribution in [0.2, 0.25) is 0 Å². The largest absolute Gasteiger partial charge is 0.457 e. The minimum Gasteiger partial charge on any atom is -0.457 e. The van der Waals surface area contributed by atoms with E-state index in [1.165, 1.54) is 0 Å². The maximum absolute atomic E-state index is 11.5. The molecule has 1 unspecified atom stereocenters. The standard InChI is InChI=1S/C16H12O4/c17-15-10-14(16(18)20-15)11-6-8-13(9-7-11)19-12-4-2-1-3-5-12/h1-9,14H,10H2. The van der Waals surface area contributed by atoms with Crippen LogP contribution >= 0.6 is 0 Å². The monoisotopic (exact) mass is 268 g/mol. The molecule has 0 amide bonds. The summed E-state index contributed by atoms with van der Waals surface area (Å²) < 4.78 is 10.2. The van der Waals surface area contributed by atoms with Crippen molar-refractivity contribution in [1.29, 1.82) is 0 Å². The van der Waals surface area contributed by atoms with Crippen molar-refractivity contribution in [3.63, 3.8) is 0 Å². The molecule has 0 aromatic heterocycles. The second kappa shape index (κ2) is 5.17. The fraction of sp³-hybridized carbons (Fsp3) is 0.125. The number of cyclic esters (lactones) is 2. The molecule has 3 rings (SSSR count). The summed E-state index contributed by atoms with van der Waals surface area (Å²) >= 11 is 0. The Balaban J connectivity index is 1.75. The van der Waals surface area contributed by atoms with Crippen LogP contribution in [0.1, 0.15) is 17.9 Å². The number of rotatable bonds is 3. The Kier molecular flexibility index (Phi) is 3.21. The molecule has 0 spiro atoms. The van der Waals surface area contributed by atoms with E-state index in [1.54, 1.807) is 24.3 Å². The molecule has 2 aromatic carbocycles.